The maximum Gasteiger partial charge on any atom is 0.435 e. The second-order valence-electron chi connectivity index (χ2n) is 9.34. The first-order valence-corrected chi connectivity index (χ1v) is 11.9. The van der Waals surface area contributed by atoms with Gasteiger partial charge in [0.05, 0.1) is 6.54 Å². The first kappa shape index (κ1) is 28.1. The molecule has 1 N–H and O–H groups in total. The molecule has 0 bridgehead atoms. The zero-order valence-corrected chi connectivity index (χ0v) is 21.0. The summed E-state index contributed by atoms with van der Waals surface area (Å²) in [4.78, 5) is 27.6. The number of amides is 2. The number of hydrogen-bond acceptors (Lipinski definition) is 2. The lowest BCUT2D eigenvalue weighted by atomic mass is 9.89. The Kier molecular flexibility index (Phi) is 6.99. The maximum absolute atomic E-state index is 14.7. The minimum Gasteiger partial charge on any atom is -0.321 e. The number of benzene rings is 3. The second-order valence-corrected chi connectivity index (χ2v) is 9.34. The Hall–Kier alpha value is -3.89. The van der Waals surface area contributed by atoms with Crippen LogP contribution in [0.3, 0.4) is 0 Å². The summed E-state index contributed by atoms with van der Waals surface area (Å²) in [5.41, 5.74) is -4.84. The van der Waals surface area contributed by atoms with Crippen molar-refractivity contribution in [1.82, 2.24) is 0 Å². The number of aryl methyl sites for hydroxylation is 3. The fourth-order valence-electron chi connectivity index (χ4n) is 4.68. The standard InChI is InChI=1S/C28H23F7N2O2/c1-4-17-12-20(26(29,27(30,31)32)28(33,34)35)11-16(3)23(17)36-24(38)18-10-9-15(2)22(13-18)37-14-19-7-5-6-8-21(19)25(37)39/h5-13H,4,14H2,1-3H3,(H,36,38). The average molecular weight is 552 g/mol. The van der Waals surface area contributed by atoms with E-state index in [4.69, 9.17) is 0 Å². The number of halogens is 7. The number of nitrogens with one attached hydrogen (secondary N) is 1. The summed E-state index contributed by atoms with van der Waals surface area (Å²) < 4.78 is 94.5. The summed E-state index contributed by atoms with van der Waals surface area (Å²) in [5, 5.41) is 2.54. The number of hydrogen-bond donors (Lipinski definition) is 1. The van der Waals surface area contributed by atoms with E-state index in [0.29, 0.717) is 35.5 Å². The fraction of sp³-hybridized carbons (Fsp3) is 0.286. The molecule has 0 radical (unpaired) electrons. The van der Waals surface area contributed by atoms with E-state index in [0.717, 1.165) is 5.56 Å². The summed E-state index contributed by atoms with van der Waals surface area (Å²) in [6.45, 7) is 4.70. The van der Waals surface area contributed by atoms with Gasteiger partial charge < -0.3 is 10.2 Å². The smallest absolute Gasteiger partial charge is 0.321 e. The van der Waals surface area contributed by atoms with Crippen molar-refractivity contribution in [1.29, 1.82) is 0 Å². The molecule has 0 aromatic heterocycles. The van der Waals surface area contributed by atoms with Gasteiger partial charge in [0.2, 0.25) is 0 Å². The molecule has 4 nitrogen and oxygen atoms in total. The molecule has 0 fully saturated rings. The van der Waals surface area contributed by atoms with Crippen LogP contribution in [0.1, 0.15) is 55.5 Å². The van der Waals surface area contributed by atoms with Gasteiger partial charge in [-0.05, 0) is 66.8 Å². The van der Waals surface area contributed by atoms with Gasteiger partial charge in [-0.2, -0.15) is 26.3 Å². The van der Waals surface area contributed by atoms with Crippen LogP contribution in [0.5, 0.6) is 0 Å². The predicted molar refractivity (Wildman–Crippen MR) is 132 cm³/mol. The van der Waals surface area contributed by atoms with Gasteiger partial charge in [0.1, 0.15) is 0 Å². The lowest BCUT2D eigenvalue weighted by molar-refractivity contribution is -0.348. The van der Waals surface area contributed by atoms with E-state index in [9.17, 15) is 40.3 Å². The molecule has 0 unspecified atom stereocenters. The van der Waals surface area contributed by atoms with Crippen molar-refractivity contribution >= 4 is 23.2 Å². The van der Waals surface area contributed by atoms with Crippen LogP contribution < -0.4 is 10.2 Å². The van der Waals surface area contributed by atoms with Crippen molar-refractivity contribution in [3.63, 3.8) is 0 Å². The zero-order valence-electron chi connectivity index (χ0n) is 21.0. The largest absolute Gasteiger partial charge is 0.435 e. The lowest BCUT2D eigenvalue weighted by Crippen LogP contribution is -2.50. The SMILES string of the molecule is CCc1cc(C(F)(C(F)(F)F)C(F)(F)F)cc(C)c1NC(=O)c1ccc(C)c(N2Cc3ccccc3C2=O)c1. The molecule has 1 heterocycles. The van der Waals surface area contributed by atoms with Crippen molar-refractivity contribution in [2.24, 2.45) is 0 Å². The molecule has 0 saturated heterocycles. The Morgan fingerprint density at radius 2 is 1.54 bits per heavy atom. The van der Waals surface area contributed by atoms with Gasteiger partial charge in [-0.15, -0.1) is 0 Å². The lowest BCUT2D eigenvalue weighted by Gasteiger charge is -2.31. The van der Waals surface area contributed by atoms with E-state index in [1.54, 1.807) is 25.1 Å². The van der Waals surface area contributed by atoms with Gasteiger partial charge in [-0.25, -0.2) is 4.39 Å². The van der Waals surface area contributed by atoms with E-state index in [2.05, 4.69) is 5.32 Å². The number of carbonyl (C=O) groups excluding carboxylic acids is 2. The summed E-state index contributed by atoms with van der Waals surface area (Å²) in [5.74, 6) is -0.945. The molecule has 3 aromatic rings. The maximum atomic E-state index is 14.7. The number of rotatable bonds is 5. The molecule has 0 saturated carbocycles. The first-order chi connectivity index (χ1) is 18.1. The Morgan fingerprint density at radius 1 is 0.897 bits per heavy atom. The minimum absolute atomic E-state index is 0.0234. The molecule has 4 rings (SSSR count). The van der Waals surface area contributed by atoms with Crippen LogP contribution in [0.2, 0.25) is 0 Å². The highest BCUT2D eigenvalue weighted by molar-refractivity contribution is 6.11. The molecular formula is C28H23F7N2O2. The Balaban J connectivity index is 1.68. The van der Waals surface area contributed by atoms with Gasteiger partial charge in [0.15, 0.2) is 0 Å². The molecule has 0 aliphatic carbocycles. The summed E-state index contributed by atoms with van der Waals surface area (Å²) >= 11 is 0. The molecule has 3 aromatic carbocycles. The van der Waals surface area contributed by atoms with Gasteiger partial charge in [0.25, 0.3) is 11.8 Å². The number of carbonyl (C=O) groups is 2. The third-order valence-corrected chi connectivity index (χ3v) is 6.80. The van der Waals surface area contributed by atoms with Gasteiger partial charge >= 0.3 is 18.0 Å². The van der Waals surface area contributed by atoms with E-state index in [1.165, 1.54) is 30.9 Å². The molecule has 0 atom stereocenters. The number of anilines is 2. The molecule has 206 valence electrons. The highest BCUT2D eigenvalue weighted by Crippen LogP contribution is 2.54. The number of alkyl halides is 7. The van der Waals surface area contributed by atoms with Crippen LogP contribution >= 0.6 is 0 Å². The number of fused-ring (bicyclic) bond motifs is 1. The van der Waals surface area contributed by atoms with E-state index in [1.807, 2.05) is 12.1 Å². The normalized spacial score (nSPS) is 14.0. The Labute approximate surface area is 219 Å². The average Bonchev–Trinajstić information content (AvgIpc) is 3.19. The molecule has 0 spiro atoms. The van der Waals surface area contributed by atoms with Crippen LogP contribution in [0, 0.1) is 13.8 Å². The molecule has 1 aliphatic heterocycles. The number of nitrogens with zero attached hydrogens (tertiary/aromatic N) is 1. The summed E-state index contributed by atoms with van der Waals surface area (Å²) in [6.07, 6.45) is -12.6. The third kappa shape index (κ3) is 4.74. The van der Waals surface area contributed by atoms with Gasteiger partial charge in [-0.1, -0.05) is 37.3 Å². The van der Waals surface area contributed by atoms with E-state index >= 15 is 0 Å². The summed E-state index contributed by atoms with van der Waals surface area (Å²) in [6, 6.07) is 12.6. The van der Waals surface area contributed by atoms with Crippen LogP contribution in [-0.2, 0) is 18.6 Å². The molecular weight excluding hydrogens is 529 g/mol. The fourth-order valence-corrected chi connectivity index (χ4v) is 4.68. The molecule has 11 heteroatoms. The molecule has 39 heavy (non-hydrogen) atoms. The highest BCUT2D eigenvalue weighted by Gasteiger charge is 2.73. The van der Waals surface area contributed by atoms with Crippen LogP contribution in [-0.4, -0.2) is 24.2 Å². The van der Waals surface area contributed by atoms with Gasteiger partial charge in [0, 0.05) is 28.1 Å². The first-order valence-electron chi connectivity index (χ1n) is 11.9. The predicted octanol–water partition coefficient (Wildman–Crippen LogP) is 7.57. The quantitative estimate of drug-likeness (QED) is 0.332. The second kappa shape index (κ2) is 9.69. The molecule has 1 aliphatic rings. The third-order valence-electron chi connectivity index (χ3n) is 6.80. The zero-order chi connectivity index (χ0) is 28.9. The summed E-state index contributed by atoms with van der Waals surface area (Å²) in [7, 11) is 0. The van der Waals surface area contributed by atoms with Crippen LogP contribution in [0.15, 0.2) is 54.6 Å². The van der Waals surface area contributed by atoms with E-state index in [-0.39, 0.29) is 34.7 Å². The molecule has 2 amide bonds. The van der Waals surface area contributed by atoms with Gasteiger partial charge in [-0.3, -0.25) is 9.59 Å². The minimum atomic E-state index is -6.25. The Morgan fingerprint density at radius 3 is 2.13 bits per heavy atom. The van der Waals surface area contributed by atoms with E-state index < -0.39 is 29.5 Å². The Bertz CT molecular complexity index is 1450. The monoisotopic (exact) mass is 552 g/mol. The van der Waals surface area contributed by atoms with Crippen molar-refractivity contribution in [3.8, 4) is 0 Å². The van der Waals surface area contributed by atoms with Crippen molar-refractivity contribution in [2.45, 2.75) is 51.8 Å². The van der Waals surface area contributed by atoms with Crippen molar-refractivity contribution in [3.05, 3.63) is 93.5 Å². The topological polar surface area (TPSA) is 49.4 Å². The van der Waals surface area contributed by atoms with Crippen LogP contribution in [0.4, 0.5) is 42.1 Å². The van der Waals surface area contributed by atoms with Crippen molar-refractivity contribution in [2.75, 3.05) is 10.2 Å². The highest BCUT2D eigenvalue weighted by atomic mass is 19.4. The van der Waals surface area contributed by atoms with Crippen molar-refractivity contribution < 1.29 is 40.3 Å². The van der Waals surface area contributed by atoms with Crippen LogP contribution in [0.25, 0.3) is 0 Å².